The van der Waals surface area contributed by atoms with Crippen molar-refractivity contribution in [3.05, 3.63) is 35.4 Å². The van der Waals surface area contributed by atoms with Crippen molar-refractivity contribution in [1.82, 2.24) is 5.32 Å². The lowest BCUT2D eigenvalue weighted by Crippen LogP contribution is -2.48. The Hall–Kier alpha value is -1.63. The van der Waals surface area contributed by atoms with Gasteiger partial charge in [0.1, 0.15) is 0 Å². The van der Waals surface area contributed by atoms with Crippen LogP contribution < -0.4 is 11.1 Å². The highest BCUT2D eigenvalue weighted by Gasteiger charge is 2.21. The fourth-order valence-electron chi connectivity index (χ4n) is 1.38. The number of nitrogens with two attached hydrogens (primary N) is 1. The summed E-state index contributed by atoms with van der Waals surface area (Å²) in [7, 11) is 0. The smallest absolute Gasteiger partial charge is 0.170 e. The van der Waals surface area contributed by atoms with Crippen LogP contribution in [0, 0.1) is 0 Å². The highest BCUT2D eigenvalue weighted by atomic mass is 16.4. The monoisotopic (exact) mass is 253 g/mol. The molecule has 6 nitrogen and oxygen atoms in total. The van der Waals surface area contributed by atoms with Crippen LogP contribution in [0.2, 0.25) is 0 Å². The van der Waals surface area contributed by atoms with Crippen molar-refractivity contribution in [2.75, 3.05) is 13.2 Å². The molecule has 0 radical (unpaired) electrons. The van der Waals surface area contributed by atoms with E-state index < -0.39 is 5.54 Å². The average Bonchev–Trinajstić information content (AvgIpc) is 2.44. The van der Waals surface area contributed by atoms with Gasteiger partial charge in [-0.05, 0) is 18.6 Å². The van der Waals surface area contributed by atoms with Crippen molar-refractivity contribution >= 4 is 5.84 Å². The normalized spacial score (nSPS) is 12.7. The molecule has 0 heterocycles. The van der Waals surface area contributed by atoms with Crippen LogP contribution in [-0.4, -0.2) is 40.0 Å². The second-order valence-corrected chi connectivity index (χ2v) is 4.42. The van der Waals surface area contributed by atoms with Gasteiger partial charge in [-0.25, -0.2) is 0 Å². The van der Waals surface area contributed by atoms with Gasteiger partial charge in [-0.15, -0.1) is 0 Å². The van der Waals surface area contributed by atoms with Crippen LogP contribution in [0.1, 0.15) is 18.1 Å². The molecule has 0 aliphatic heterocycles. The summed E-state index contributed by atoms with van der Waals surface area (Å²) in [5.41, 5.74) is 6.29. The molecular formula is C12H19N3O3. The quantitative estimate of drug-likeness (QED) is 0.205. The zero-order valence-corrected chi connectivity index (χ0v) is 10.3. The summed E-state index contributed by atoms with van der Waals surface area (Å²) >= 11 is 0. The Balaban J connectivity index is 2.74. The molecule has 0 fully saturated rings. The molecule has 0 amide bonds. The molecule has 18 heavy (non-hydrogen) atoms. The van der Waals surface area contributed by atoms with Gasteiger partial charge in [0.25, 0.3) is 0 Å². The van der Waals surface area contributed by atoms with E-state index in [2.05, 4.69) is 10.5 Å². The van der Waals surface area contributed by atoms with E-state index in [0.717, 1.165) is 5.56 Å². The van der Waals surface area contributed by atoms with Gasteiger partial charge in [-0.1, -0.05) is 23.4 Å². The zero-order valence-electron chi connectivity index (χ0n) is 10.3. The minimum atomic E-state index is -0.730. The summed E-state index contributed by atoms with van der Waals surface area (Å²) in [5, 5.41) is 32.9. The van der Waals surface area contributed by atoms with Gasteiger partial charge in [0.15, 0.2) is 5.84 Å². The maximum Gasteiger partial charge on any atom is 0.170 e. The van der Waals surface area contributed by atoms with Gasteiger partial charge in [-0.3, -0.25) is 0 Å². The Labute approximate surface area is 106 Å². The number of nitrogens with one attached hydrogen (secondary N) is 1. The van der Waals surface area contributed by atoms with Gasteiger partial charge in [0, 0.05) is 12.1 Å². The molecule has 0 unspecified atom stereocenters. The zero-order chi connectivity index (χ0) is 13.6. The Morgan fingerprint density at radius 1 is 1.39 bits per heavy atom. The fraction of sp³-hybridized carbons (Fsp3) is 0.417. The molecule has 0 saturated heterocycles. The predicted molar refractivity (Wildman–Crippen MR) is 68.4 cm³/mol. The van der Waals surface area contributed by atoms with Crippen LogP contribution in [0.5, 0.6) is 0 Å². The fourth-order valence-corrected chi connectivity index (χ4v) is 1.38. The first kappa shape index (κ1) is 14.4. The van der Waals surface area contributed by atoms with Gasteiger partial charge in [0.05, 0.1) is 18.8 Å². The largest absolute Gasteiger partial charge is 0.409 e. The SMILES string of the molecule is CC(CO)(CO)NCc1cccc(/C(N)=N/O)c1. The molecule has 1 aromatic carbocycles. The molecule has 0 aliphatic carbocycles. The van der Waals surface area contributed by atoms with Crippen molar-refractivity contribution in [3.63, 3.8) is 0 Å². The number of aliphatic hydroxyl groups excluding tert-OH is 2. The van der Waals surface area contributed by atoms with Crippen LogP contribution in [0.4, 0.5) is 0 Å². The average molecular weight is 253 g/mol. The van der Waals surface area contributed by atoms with Gasteiger partial charge < -0.3 is 26.5 Å². The lowest BCUT2D eigenvalue weighted by Gasteiger charge is -2.26. The van der Waals surface area contributed by atoms with Crippen LogP contribution >= 0.6 is 0 Å². The second kappa shape index (κ2) is 6.34. The number of benzene rings is 1. The van der Waals surface area contributed by atoms with E-state index >= 15 is 0 Å². The van der Waals surface area contributed by atoms with E-state index in [1.165, 1.54) is 0 Å². The molecular weight excluding hydrogens is 234 g/mol. The third-order valence-electron chi connectivity index (χ3n) is 2.75. The number of hydrogen-bond donors (Lipinski definition) is 5. The number of hydrogen-bond acceptors (Lipinski definition) is 5. The topological polar surface area (TPSA) is 111 Å². The molecule has 1 rings (SSSR count). The molecule has 0 aliphatic rings. The number of oxime groups is 1. The van der Waals surface area contributed by atoms with E-state index in [0.29, 0.717) is 12.1 Å². The lowest BCUT2D eigenvalue weighted by molar-refractivity contribution is 0.103. The van der Waals surface area contributed by atoms with Crippen LogP contribution in [0.15, 0.2) is 29.4 Å². The summed E-state index contributed by atoms with van der Waals surface area (Å²) < 4.78 is 0. The van der Waals surface area contributed by atoms with E-state index in [4.69, 9.17) is 21.2 Å². The second-order valence-electron chi connectivity index (χ2n) is 4.42. The first-order valence-corrected chi connectivity index (χ1v) is 5.58. The summed E-state index contributed by atoms with van der Waals surface area (Å²) in [5.74, 6) is 0.0453. The van der Waals surface area contributed by atoms with Crippen molar-refractivity contribution < 1.29 is 15.4 Å². The van der Waals surface area contributed by atoms with E-state index in [-0.39, 0.29) is 19.0 Å². The summed E-state index contributed by atoms with van der Waals surface area (Å²) in [6.45, 7) is 1.86. The first-order chi connectivity index (χ1) is 8.54. The Morgan fingerprint density at radius 3 is 2.61 bits per heavy atom. The van der Waals surface area contributed by atoms with Crippen molar-refractivity contribution in [2.45, 2.75) is 19.0 Å². The Bertz CT molecular complexity index is 417. The molecule has 0 spiro atoms. The lowest BCUT2D eigenvalue weighted by atomic mass is 10.0. The predicted octanol–water partition coefficient (Wildman–Crippen LogP) is -0.386. The summed E-state index contributed by atoms with van der Waals surface area (Å²) in [6, 6.07) is 7.17. The first-order valence-electron chi connectivity index (χ1n) is 5.58. The highest BCUT2D eigenvalue weighted by Crippen LogP contribution is 2.08. The minimum absolute atomic E-state index is 0.0453. The van der Waals surface area contributed by atoms with Crippen LogP contribution in [-0.2, 0) is 6.54 Å². The third-order valence-corrected chi connectivity index (χ3v) is 2.75. The van der Waals surface area contributed by atoms with Gasteiger partial charge in [0.2, 0.25) is 0 Å². The van der Waals surface area contributed by atoms with Crippen LogP contribution in [0.25, 0.3) is 0 Å². The van der Waals surface area contributed by atoms with Crippen molar-refractivity contribution in [2.24, 2.45) is 10.9 Å². The molecule has 0 atom stereocenters. The summed E-state index contributed by atoms with van der Waals surface area (Å²) in [4.78, 5) is 0. The molecule has 6 heteroatoms. The molecule has 100 valence electrons. The van der Waals surface area contributed by atoms with Crippen molar-refractivity contribution in [1.29, 1.82) is 0 Å². The maximum absolute atomic E-state index is 9.15. The molecule has 6 N–H and O–H groups in total. The number of amidine groups is 1. The summed E-state index contributed by atoms with van der Waals surface area (Å²) in [6.07, 6.45) is 0. The molecule has 0 bridgehead atoms. The van der Waals surface area contributed by atoms with Gasteiger partial charge >= 0.3 is 0 Å². The molecule has 1 aromatic rings. The number of nitrogens with zero attached hydrogens (tertiary/aromatic N) is 1. The van der Waals surface area contributed by atoms with Crippen LogP contribution in [0.3, 0.4) is 0 Å². The van der Waals surface area contributed by atoms with Gasteiger partial charge in [-0.2, -0.15) is 0 Å². The maximum atomic E-state index is 9.15. The Kier molecular flexibility index (Phi) is 5.08. The van der Waals surface area contributed by atoms with E-state index in [1.54, 1.807) is 25.1 Å². The number of rotatable bonds is 6. The van der Waals surface area contributed by atoms with E-state index in [9.17, 15) is 0 Å². The number of aliphatic hydroxyl groups is 2. The Morgan fingerprint density at radius 2 is 2.06 bits per heavy atom. The highest BCUT2D eigenvalue weighted by molar-refractivity contribution is 5.97. The molecule has 0 saturated carbocycles. The third kappa shape index (κ3) is 3.69. The minimum Gasteiger partial charge on any atom is -0.409 e. The van der Waals surface area contributed by atoms with E-state index in [1.807, 2.05) is 6.07 Å². The molecule has 0 aromatic heterocycles. The standard InChI is InChI=1S/C12H19N3O3/c1-12(7-16,8-17)14-6-9-3-2-4-10(5-9)11(13)15-18/h2-5,14,16-18H,6-8H2,1H3,(H2,13,15). The van der Waals surface area contributed by atoms with Crippen molar-refractivity contribution in [3.8, 4) is 0 Å².